The average Bonchev–Trinajstić information content (AvgIpc) is 3.06. The maximum absolute atomic E-state index is 11.3. The molecule has 0 radical (unpaired) electrons. The van der Waals surface area contributed by atoms with Crippen molar-refractivity contribution >= 4 is 40.1 Å². The first-order chi connectivity index (χ1) is 17.8. The molecule has 1 aliphatic heterocycles. The van der Waals surface area contributed by atoms with Crippen LogP contribution in [0.5, 0.6) is 5.88 Å². The molecule has 190 valence electrons. The van der Waals surface area contributed by atoms with Gasteiger partial charge in [-0.2, -0.15) is 10.6 Å². The number of carbonyl (C=O) groups excluding carboxylic acids is 1. The maximum Gasteiger partial charge on any atom is 0.224 e. The quantitative estimate of drug-likeness (QED) is 0.232. The van der Waals surface area contributed by atoms with Crippen molar-refractivity contribution in [2.75, 3.05) is 19.4 Å². The molecule has 0 aliphatic carbocycles. The summed E-state index contributed by atoms with van der Waals surface area (Å²) in [5.74, 6) is 0.460. The van der Waals surface area contributed by atoms with Crippen LogP contribution in [0.1, 0.15) is 15.9 Å². The second-order valence-electron chi connectivity index (χ2n) is 8.47. The minimum atomic E-state index is -2.93. The van der Waals surface area contributed by atoms with Crippen LogP contribution in [0.15, 0.2) is 65.7 Å². The molecular formula is C27H23Cl2N3O4S. The Morgan fingerprint density at radius 3 is 2.59 bits per heavy atom. The Hall–Kier alpha value is -2.98. The Morgan fingerprint density at radius 2 is 1.81 bits per heavy atom. The highest BCUT2D eigenvalue weighted by Gasteiger charge is 2.24. The Bertz CT molecular complexity index is 1510. The van der Waals surface area contributed by atoms with Gasteiger partial charge in [-0.15, -0.1) is 0 Å². The molecule has 0 fully saturated rings. The number of nitrogens with zero attached hydrogens (tertiary/aromatic N) is 2. The summed E-state index contributed by atoms with van der Waals surface area (Å²) in [6.07, 6.45) is 2.33. The van der Waals surface area contributed by atoms with Gasteiger partial charge in [0.1, 0.15) is 0 Å². The van der Waals surface area contributed by atoms with Crippen LogP contribution in [0.4, 0.5) is 0 Å². The fourth-order valence-corrected chi connectivity index (χ4v) is 6.52. The zero-order valence-electron chi connectivity index (χ0n) is 19.7. The van der Waals surface area contributed by atoms with E-state index in [0.717, 1.165) is 5.56 Å². The van der Waals surface area contributed by atoms with E-state index in [1.807, 2.05) is 30.3 Å². The van der Waals surface area contributed by atoms with Crippen LogP contribution in [0.25, 0.3) is 33.6 Å². The average molecular weight is 556 g/mol. The zero-order chi connectivity index (χ0) is 26.2. The van der Waals surface area contributed by atoms with E-state index < -0.39 is 10.6 Å². The van der Waals surface area contributed by atoms with E-state index >= 15 is 0 Å². The lowest BCUT2D eigenvalue weighted by Crippen LogP contribution is -2.16. The normalized spacial score (nSPS) is 15.4. The van der Waals surface area contributed by atoms with Crippen molar-refractivity contribution in [1.29, 1.82) is 0 Å². The Kier molecular flexibility index (Phi) is 7.22. The van der Waals surface area contributed by atoms with Gasteiger partial charge in [0.25, 0.3) is 0 Å². The number of fused-ring (bicyclic) bond motifs is 1. The summed E-state index contributed by atoms with van der Waals surface area (Å²) < 4.78 is 26.7. The van der Waals surface area contributed by atoms with Gasteiger partial charge in [-0.05, 0) is 29.8 Å². The number of methoxy groups -OCH3 is 1. The van der Waals surface area contributed by atoms with E-state index in [2.05, 4.69) is 15.3 Å². The number of ether oxygens (including phenoxy) is 1. The van der Waals surface area contributed by atoms with Gasteiger partial charge in [-0.25, -0.2) is 4.98 Å². The molecule has 37 heavy (non-hydrogen) atoms. The van der Waals surface area contributed by atoms with E-state index in [1.165, 1.54) is 7.11 Å². The lowest BCUT2D eigenvalue weighted by molar-refractivity contribution is 0.112. The zero-order valence-corrected chi connectivity index (χ0v) is 22.1. The predicted octanol–water partition coefficient (Wildman–Crippen LogP) is 6.82. The highest BCUT2D eigenvalue weighted by atomic mass is 35.5. The summed E-state index contributed by atoms with van der Waals surface area (Å²) in [6, 6.07) is 16.2. The van der Waals surface area contributed by atoms with Gasteiger partial charge in [-0.3, -0.25) is 18.9 Å². The molecule has 3 heterocycles. The molecule has 5 rings (SSSR count). The number of halogens is 2. The van der Waals surface area contributed by atoms with Gasteiger partial charge in [0.15, 0.2) is 6.29 Å². The molecule has 10 heteroatoms. The lowest BCUT2D eigenvalue weighted by Gasteiger charge is -2.32. The topological polar surface area (TPSA) is 105 Å². The van der Waals surface area contributed by atoms with Crippen molar-refractivity contribution in [2.45, 2.75) is 11.4 Å². The number of aldehydes is 1. The molecule has 0 unspecified atom stereocenters. The molecule has 0 saturated carbocycles. The summed E-state index contributed by atoms with van der Waals surface area (Å²) in [7, 11) is -1.48. The second-order valence-corrected chi connectivity index (χ2v) is 11.4. The number of nitrogens with one attached hydrogen (secondary N) is 1. The molecular weight excluding hydrogens is 533 g/mol. The molecule has 1 aliphatic rings. The first kappa shape index (κ1) is 25.7. The highest BCUT2D eigenvalue weighted by Crippen LogP contribution is 2.51. The smallest absolute Gasteiger partial charge is 0.224 e. The molecule has 0 amide bonds. The van der Waals surface area contributed by atoms with E-state index in [9.17, 15) is 13.9 Å². The number of hydrogen-bond donors (Lipinski definition) is 3. The number of hydrogen-bond acceptors (Lipinski definition) is 7. The van der Waals surface area contributed by atoms with Crippen molar-refractivity contribution in [3.05, 3.63) is 82.0 Å². The van der Waals surface area contributed by atoms with Gasteiger partial charge in [0.2, 0.25) is 5.88 Å². The summed E-state index contributed by atoms with van der Waals surface area (Å²) in [5.41, 5.74) is 4.90. The fourth-order valence-electron chi connectivity index (χ4n) is 4.34. The van der Waals surface area contributed by atoms with E-state index in [4.69, 9.17) is 27.9 Å². The highest BCUT2D eigenvalue weighted by molar-refractivity contribution is 8.24. The van der Waals surface area contributed by atoms with Crippen LogP contribution in [0, 0.1) is 0 Å². The van der Waals surface area contributed by atoms with Crippen LogP contribution in [0.3, 0.4) is 0 Å². The summed E-state index contributed by atoms with van der Waals surface area (Å²) in [6.45, 7) is 1.08. The summed E-state index contributed by atoms with van der Waals surface area (Å²) >= 11 is 13.8. The minimum Gasteiger partial charge on any atom is -0.480 e. The summed E-state index contributed by atoms with van der Waals surface area (Å²) in [5, 5.41) is 4.02. The monoisotopic (exact) mass is 555 g/mol. The van der Waals surface area contributed by atoms with Crippen LogP contribution >= 0.6 is 33.8 Å². The molecule has 0 bridgehead atoms. The van der Waals surface area contributed by atoms with Gasteiger partial charge in [0, 0.05) is 41.5 Å². The second kappa shape index (κ2) is 10.4. The molecule has 3 N–H and O–H groups in total. The number of pyridine rings is 2. The number of rotatable bonds is 5. The first-order valence-electron chi connectivity index (χ1n) is 11.4. The number of carbonyl (C=O) groups is 1. The van der Waals surface area contributed by atoms with Crippen molar-refractivity contribution < 1.29 is 18.6 Å². The first-order valence-corrected chi connectivity index (χ1v) is 13.8. The lowest BCUT2D eigenvalue weighted by atomic mass is 9.99. The maximum atomic E-state index is 11.3. The Morgan fingerprint density at radius 1 is 1.03 bits per heavy atom. The van der Waals surface area contributed by atoms with E-state index in [1.54, 1.807) is 30.5 Å². The largest absolute Gasteiger partial charge is 0.480 e. The molecule has 0 spiro atoms. The molecule has 0 saturated heterocycles. The molecule has 4 aromatic rings. The third kappa shape index (κ3) is 4.84. The van der Waals surface area contributed by atoms with Crippen LogP contribution in [-0.4, -0.2) is 44.8 Å². The van der Waals surface area contributed by atoms with Gasteiger partial charge in [-0.1, -0.05) is 53.5 Å². The third-order valence-electron chi connectivity index (χ3n) is 6.24. The van der Waals surface area contributed by atoms with Gasteiger partial charge >= 0.3 is 0 Å². The number of aromatic nitrogens is 2. The molecule has 7 nitrogen and oxygen atoms in total. The van der Waals surface area contributed by atoms with Crippen molar-refractivity contribution in [3.63, 3.8) is 0 Å². The fraction of sp³-hybridized carbons (Fsp3) is 0.148. The number of benzene rings is 2. The van der Waals surface area contributed by atoms with Crippen LogP contribution < -0.4 is 10.1 Å². The van der Waals surface area contributed by atoms with Gasteiger partial charge in [0.05, 0.1) is 44.8 Å². The van der Waals surface area contributed by atoms with Crippen molar-refractivity contribution in [1.82, 2.24) is 15.3 Å². The standard InChI is InChI=1S/C27H23Cl2N3O4S/c1-36-27-18(15-33)7-8-22(32-27)21-4-2-3-19(24(21)28)20-9-10-31-26(25(20)29)16-5-6-17-14-30-11-12-37(34,35)23(17)13-16/h2-10,13,15,30,34-35H,11-12,14H2,1H3. The van der Waals surface area contributed by atoms with Crippen molar-refractivity contribution in [3.8, 4) is 39.5 Å². The summed E-state index contributed by atoms with van der Waals surface area (Å²) in [4.78, 5) is 20.7. The van der Waals surface area contributed by atoms with Crippen LogP contribution in [-0.2, 0) is 6.54 Å². The van der Waals surface area contributed by atoms with Gasteiger partial charge < -0.3 is 10.1 Å². The minimum absolute atomic E-state index is 0.211. The molecule has 2 aromatic heterocycles. The Labute approximate surface area is 225 Å². The van der Waals surface area contributed by atoms with E-state index in [-0.39, 0.29) is 11.6 Å². The molecule has 2 aromatic carbocycles. The predicted molar refractivity (Wildman–Crippen MR) is 148 cm³/mol. The third-order valence-corrected chi connectivity index (χ3v) is 8.88. The van der Waals surface area contributed by atoms with E-state index in [0.29, 0.717) is 73.5 Å². The van der Waals surface area contributed by atoms with Crippen molar-refractivity contribution in [2.24, 2.45) is 0 Å². The Balaban J connectivity index is 1.60. The molecule has 0 atom stereocenters. The SMILES string of the molecule is COc1nc(-c2cccc(-c3ccnc(-c4ccc5c(c4)S(O)(O)CCNC5)c3Cl)c2Cl)ccc1C=O. The van der Waals surface area contributed by atoms with Crippen LogP contribution in [0.2, 0.25) is 10.0 Å².